The molecule has 0 amide bonds. The Morgan fingerprint density at radius 3 is 1.38 bits per heavy atom. The van der Waals surface area contributed by atoms with Gasteiger partial charge in [0.1, 0.15) is 22.5 Å². The van der Waals surface area contributed by atoms with E-state index in [0.717, 1.165) is 39.2 Å². The van der Waals surface area contributed by atoms with Gasteiger partial charge in [0, 0.05) is 148 Å². The van der Waals surface area contributed by atoms with Crippen LogP contribution in [0.1, 0.15) is 282 Å². The van der Waals surface area contributed by atoms with Gasteiger partial charge in [-0.3, -0.25) is 20.0 Å². The van der Waals surface area contributed by atoms with E-state index in [0.29, 0.717) is 82.7 Å². The Labute approximate surface area is 643 Å². The summed E-state index contributed by atoms with van der Waals surface area (Å²) in [6, 6.07) is 8.87. The fraction of sp³-hybridized carbons (Fsp3) is 0.588. The lowest BCUT2D eigenvalue weighted by Gasteiger charge is -2.34. The molecule has 11 rings (SSSR count). The first-order valence-corrected chi connectivity index (χ1v) is 37.8. The Morgan fingerprint density at radius 1 is 0.533 bits per heavy atom. The first-order valence-electron chi connectivity index (χ1n) is 36.1. The molecular weight excluding hydrogens is 1350 g/mol. The molecule has 0 bridgehead atoms. The number of pyridine rings is 1. The van der Waals surface area contributed by atoms with E-state index in [1.54, 1.807) is 42.4 Å². The average molecular weight is 1490 g/mol. The summed E-state index contributed by atoms with van der Waals surface area (Å²) in [4.78, 5) is 38.2. The summed E-state index contributed by atoms with van der Waals surface area (Å²) in [5, 5.41) is 25.1. The lowest BCUT2D eigenvalue weighted by molar-refractivity contribution is 0.126. The lowest BCUT2D eigenvalue weighted by atomic mass is 10.1. The van der Waals surface area contributed by atoms with Gasteiger partial charge in [0.25, 0.3) is 0 Å². The molecule has 23 nitrogen and oxygen atoms in total. The second kappa shape index (κ2) is 53.9. The van der Waals surface area contributed by atoms with Gasteiger partial charge in [-0.15, -0.1) is 26.6 Å². The molecule has 0 spiro atoms. The first-order chi connectivity index (χ1) is 48.3. The fourth-order valence-electron chi connectivity index (χ4n) is 7.87. The SMILES string of the molecule is C.C.C=C1NN=C(C(C)C)O1.C=C1NN=C(C(C)C)S1.CC(C)C1=CNNN1.CC(C)N1CCN(C)CC1.CC(C)c1ncccn1.Cc1cc(C(C)C)nn1C.Cc1ccc(C(C)C)nc1.Cc1cnc(C(C)C)nc1.Cc1nc(C(C)C)cs1.Cc1ncc(C(C)C)cn1.Cc1nnc(C(C)C)o1. The van der Waals surface area contributed by atoms with Gasteiger partial charge in [-0.1, -0.05) is 178 Å². The number of ether oxygens (including phenoxy) is 1. The van der Waals surface area contributed by atoms with Crippen LogP contribution in [-0.4, -0.2) is 120 Å². The zero-order valence-electron chi connectivity index (χ0n) is 68.4. The molecule has 0 unspecified atom stereocenters. The Hall–Kier alpha value is -7.84. The van der Waals surface area contributed by atoms with Crippen LogP contribution in [0.2, 0.25) is 0 Å². The van der Waals surface area contributed by atoms with Crippen molar-refractivity contribution in [2.24, 2.45) is 35.0 Å². The van der Waals surface area contributed by atoms with Gasteiger partial charge < -0.3 is 24.9 Å². The number of hydrogen-bond acceptors (Lipinski definition) is 24. The second-order valence-corrected chi connectivity index (χ2v) is 30.7. The number of likely N-dealkylation sites (N-methyl/N-ethyl adjacent to an activating group) is 1. The Balaban J connectivity index is 0. The van der Waals surface area contributed by atoms with E-state index in [1.165, 1.54) is 70.8 Å². The maximum atomic E-state index is 5.12. The maximum absolute atomic E-state index is 5.12. The summed E-state index contributed by atoms with van der Waals surface area (Å²) < 4.78 is 12.1. The predicted octanol–water partition coefficient (Wildman–Crippen LogP) is 18.7. The van der Waals surface area contributed by atoms with Crippen LogP contribution in [0.25, 0.3) is 0 Å². The van der Waals surface area contributed by atoms with Crippen molar-refractivity contribution in [3.05, 3.63) is 183 Å². The second-order valence-electron chi connectivity index (χ2n) is 28.5. The molecule has 1 saturated heterocycles. The van der Waals surface area contributed by atoms with Crippen LogP contribution in [0.5, 0.6) is 0 Å². The number of rotatable bonds is 11. The first kappa shape index (κ1) is 99.2. The van der Waals surface area contributed by atoms with E-state index in [9.17, 15) is 0 Å². The number of piperazine rings is 1. The summed E-state index contributed by atoms with van der Waals surface area (Å²) >= 11 is 3.34. The van der Waals surface area contributed by atoms with Crippen LogP contribution in [0.15, 0.2) is 124 Å². The third-order valence-corrected chi connectivity index (χ3v) is 16.7. The standard InChI is InChI=1S/C9H13N.C8H18N2.C8H12N2.C8H14N2.C8H12N2.C7H10N2.C7H11NS.2C6H10N2O.C6H10N2S.C5H11N3.2CH4/c1-7(2)9-5-4-8(3)6-10-9;1-8(2)10-6-4-9(3)5-7-10;1-6(2)8-4-9-7(3)10-5-8;1-6(2)8-5-7(3)10(4)9-8;1-6(2)8-9-4-7(3)5-10-8;1-6(2)7-8-4-3-5-9-7;1-5(2)7-4-9-6(3)8-7;3*1-4(2)6-8-7-5(3)9-6;1-4(2)5-3-6-8-7-5;;/h4-7H,1-3H3;8H,4-7H2,1-3H3;4-6H,1-3H3;5-6H,1-4H3;4-6H,1-3H3;3-6H,1-2H3;4-5H,1-3H3;4H,1-3H3;2*4,7H,3H2,1-2H3;3-4,6-8H,1-2H3;2*1H4. The van der Waals surface area contributed by atoms with Gasteiger partial charge in [-0.05, 0) is 127 Å². The number of aromatic nitrogens is 12. The third kappa shape index (κ3) is 44.0. The van der Waals surface area contributed by atoms with Crippen LogP contribution in [0.4, 0.5) is 0 Å². The minimum atomic E-state index is 0. The zero-order valence-corrected chi connectivity index (χ0v) is 70.0. The highest BCUT2D eigenvalue weighted by atomic mass is 32.2. The number of nitrogens with one attached hydrogen (secondary N) is 5. The van der Waals surface area contributed by atoms with Crippen molar-refractivity contribution < 1.29 is 9.15 Å². The molecule has 11 heterocycles. The molecule has 1 fully saturated rings. The highest BCUT2D eigenvalue weighted by molar-refractivity contribution is 8.17. The summed E-state index contributed by atoms with van der Waals surface area (Å²) in [7, 11) is 4.17. The predicted molar refractivity (Wildman–Crippen MR) is 445 cm³/mol. The van der Waals surface area contributed by atoms with Crippen LogP contribution >= 0.6 is 23.1 Å². The molecule has 105 heavy (non-hydrogen) atoms. The number of hydrazone groups is 2. The van der Waals surface area contributed by atoms with Crippen molar-refractivity contribution in [3.63, 3.8) is 0 Å². The Morgan fingerprint density at radius 2 is 1.09 bits per heavy atom. The lowest BCUT2D eigenvalue weighted by Crippen LogP contribution is -2.47. The van der Waals surface area contributed by atoms with Crippen molar-refractivity contribution in [2.75, 3.05) is 33.2 Å². The summed E-state index contributed by atoms with van der Waals surface area (Å²) in [5.74, 6) is 10.1. The van der Waals surface area contributed by atoms with Gasteiger partial charge in [-0.2, -0.15) is 15.7 Å². The van der Waals surface area contributed by atoms with E-state index in [1.807, 2.05) is 103 Å². The minimum absolute atomic E-state index is 0. The zero-order chi connectivity index (χ0) is 78.1. The highest BCUT2D eigenvalue weighted by Crippen LogP contribution is 2.24. The number of thiazole rings is 1. The molecule has 0 atom stereocenters. The summed E-state index contributed by atoms with van der Waals surface area (Å²) in [6.45, 7) is 70.7. The number of aryl methyl sites for hydroxylation is 7. The van der Waals surface area contributed by atoms with E-state index < -0.39 is 0 Å². The molecule has 0 aliphatic carbocycles. The van der Waals surface area contributed by atoms with Gasteiger partial charge in [0.2, 0.25) is 23.6 Å². The average Bonchev–Trinajstić information content (AvgIpc) is 1.76. The van der Waals surface area contributed by atoms with Crippen molar-refractivity contribution in [1.82, 2.24) is 96.9 Å². The van der Waals surface area contributed by atoms with Crippen molar-refractivity contribution >= 4 is 34.0 Å². The van der Waals surface area contributed by atoms with Crippen molar-refractivity contribution in [3.8, 4) is 0 Å². The molecule has 4 aliphatic rings. The normalized spacial score (nSPS) is 13.4. The summed E-state index contributed by atoms with van der Waals surface area (Å²) in [5.41, 5.74) is 23.5. The largest absolute Gasteiger partial charge is 0.425 e. The third-order valence-electron chi connectivity index (χ3n) is 14.8. The van der Waals surface area contributed by atoms with E-state index in [2.05, 4.69) is 285 Å². The number of hydrogen-bond donors (Lipinski definition) is 5. The topological polar surface area (TPSA) is 260 Å². The smallest absolute Gasteiger partial charge is 0.219 e. The quantitative estimate of drug-likeness (QED) is 0.0806. The molecule has 7 aromatic rings. The van der Waals surface area contributed by atoms with Gasteiger partial charge in [0.05, 0.1) is 21.4 Å². The number of hydrazine groups is 2. The van der Waals surface area contributed by atoms with Gasteiger partial charge in [-0.25, -0.2) is 40.3 Å². The Kier molecular flexibility index (Phi) is 50.9. The monoisotopic (exact) mass is 1490 g/mol. The number of allylic oxidation sites excluding steroid dienone is 1. The summed E-state index contributed by atoms with van der Waals surface area (Å²) in [6.07, 6.45) is 14.8. The van der Waals surface area contributed by atoms with Crippen molar-refractivity contribution in [1.29, 1.82) is 0 Å². The number of thioether (sulfide) groups is 1. The maximum Gasteiger partial charge on any atom is 0.219 e. The van der Waals surface area contributed by atoms with Gasteiger partial charge >= 0.3 is 0 Å². The van der Waals surface area contributed by atoms with E-state index in [-0.39, 0.29) is 14.9 Å². The molecule has 25 heteroatoms. The molecule has 0 saturated carbocycles. The minimum Gasteiger partial charge on any atom is -0.425 e. The Bertz CT molecular complexity index is 3270. The molecule has 0 radical (unpaired) electrons. The molecule has 4 aliphatic heterocycles. The molecule has 5 N–H and O–H groups in total. The molecular formula is C80H139N21O2S2. The van der Waals surface area contributed by atoms with Crippen LogP contribution in [0.3, 0.4) is 0 Å². The molecule has 7 aromatic heterocycles. The van der Waals surface area contributed by atoms with E-state index in [4.69, 9.17) is 9.15 Å². The van der Waals surface area contributed by atoms with Crippen LogP contribution in [0, 0.1) is 59.3 Å². The van der Waals surface area contributed by atoms with E-state index >= 15 is 0 Å². The van der Waals surface area contributed by atoms with Crippen LogP contribution in [-0.2, 0) is 11.8 Å². The highest BCUT2D eigenvalue weighted by Gasteiger charge is 2.17. The fourth-order valence-corrected chi connectivity index (χ4v) is 9.32. The molecule has 588 valence electrons. The number of nitrogens with zero attached hydrogens (tertiary/aromatic N) is 16. The van der Waals surface area contributed by atoms with Crippen molar-refractivity contribution in [2.45, 2.75) is 256 Å². The molecule has 0 aromatic carbocycles. The van der Waals surface area contributed by atoms with Crippen LogP contribution < -0.4 is 27.2 Å². The van der Waals surface area contributed by atoms with Gasteiger partial charge in [0.15, 0.2) is 0 Å².